The first-order valence-electron chi connectivity index (χ1n) is 8.35. The van der Waals surface area contributed by atoms with Crippen LogP contribution in [0.25, 0.3) is 6.08 Å². The first-order chi connectivity index (χ1) is 12.2. The van der Waals surface area contributed by atoms with Crippen LogP contribution in [0, 0.1) is 0 Å². The Bertz CT molecular complexity index is 706. The van der Waals surface area contributed by atoms with E-state index in [0.717, 1.165) is 22.6 Å². The third-order valence-electron chi connectivity index (χ3n) is 3.46. The molecule has 0 saturated heterocycles. The normalized spacial score (nSPS) is 10.8. The first-order valence-corrected chi connectivity index (χ1v) is 9.33. The van der Waals surface area contributed by atoms with Crippen LogP contribution < -0.4 is 0 Å². The number of ketones is 1. The van der Waals surface area contributed by atoms with E-state index in [9.17, 15) is 9.59 Å². The summed E-state index contributed by atoms with van der Waals surface area (Å²) in [6.07, 6.45) is 4.68. The molecule has 2 aromatic rings. The fourth-order valence-corrected chi connectivity index (χ4v) is 3.04. The van der Waals surface area contributed by atoms with Gasteiger partial charge in [-0.15, -0.1) is 11.8 Å². The van der Waals surface area contributed by atoms with Crippen LogP contribution in [0.3, 0.4) is 0 Å². The molecular weight excluding hydrogens is 332 g/mol. The number of thioether (sulfide) groups is 1. The highest BCUT2D eigenvalue weighted by molar-refractivity contribution is 7.99. The van der Waals surface area contributed by atoms with E-state index >= 15 is 0 Å². The fraction of sp³-hybridized carbons (Fsp3) is 0.238. The topological polar surface area (TPSA) is 43.4 Å². The number of rotatable bonds is 9. The molecule has 0 saturated carbocycles. The lowest BCUT2D eigenvalue weighted by molar-refractivity contribution is -0.143. The zero-order chi connectivity index (χ0) is 17.9. The second-order valence-corrected chi connectivity index (χ2v) is 6.56. The number of benzene rings is 2. The van der Waals surface area contributed by atoms with Crippen molar-refractivity contribution in [3.63, 3.8) is 0 Å². The molecule has 4 heteroatoms. The molecule has 0 spiro atoms. The molecule has 2 aromatic carbocycles. The van der Waals surface area contributed by atoms with E-state index in [4.69, 9.17) is 4.74 Å². The molecule has 25 heavy (non-hydrogen) atoms. The van der Waals surface area contributed by atoms with Crippen LogP contribution in [0.15, 0.2) is 65.6 Å². The van der Waals surface area contributed by atoms with E-state index < -0.39 is 0 Å². The fourth-order valence-electron chi connectivity index (χ4n) is 2.19. The summed E-state index contributed by atoms with van der Waals surface area (Å²) in [4.78, 5) is 24.4. The van der Waals surface area contributed by atoms with Crippen LogP contribution >= 0.6 is 11.8 Å². The lowest BCUT2D eigenvalue weighted by atomic mass is 10.1. The summed E-state index contributed by atoms with van der Waals surface area (Å²) in [5, 5.41) is 0. The molecule has 0 heterocycles. The van der Waals surface area contributed by atoms with Crippen LogP contribution in [-0.2, 0) is 9.53 Å². The van der Waals surface area contributed by atoms with Gasteiger partial charge in [0.1, 0.15) is 0 Å². The van der Waals surface area contributed by atoms with Gasteiger partial charge in [-0.2, -0.15) is 0 Å². The Labute approximate surface area is 153 Å². The highest BCUT2D eigenvalue weighted by atomic mass is 32.2. The van der Waals surface area contributed by atoms with Gasteiger partial charge in [0.2, 0.25) is 0 Å². The summed E-state index contributed by atoms with van der Waals surface area (Å²) in [5.74, 6) is 0.741. The van der Waals surface area contributed by atoms with Gasteiger partial charge in [-0.1, -0.05) is 48.5 Å². The van der Waals surface area contributed by atoms with Crippen molar-refractivity contribution in [2.45, 2.75) is 24.7 Å². The van der Waals surface area contributed by atoms with E-state index in [1.54, 1.807) is 17.8 Å². The average molecular weight is 354 g/mol. The number of carbonyl (C=O) groups excluding carboxylic acids is 2. The third-order valence-corrected chi connectivity index (χ3v) is 4.56. The maximum absolute atomic E-state index is 12.0. The zero-order valence-corrected chi connectivity index (χ0v) is 15.1. The SMILES string of the molecule is CCOC(=O)CCCSc1ccc(/C=C/C(=O)c2ccccc2)cc1. The van der Waals surface area contributed by atoms with Gasteiger partial charge in [0, 0.05) is 16.9 Å². The number of esters is 1. The quantitative estimate of drug-likeness (QED) is 0.208. The van der Waals surface area contributed by atoms with Crippen LogP contribution in [0.2, 0.25) is 0 Å². The Morgan fingerprint density at radius 1 is 1.04 bits per heavy atom. The average Bonchev–Trinajstić information content (AvgIpc) is 2.65. The molecule has 0 fully saturated rings. The largest absolute Gasteiger partial charge is 0.466 e. The molecule has 0 aliphatic carbocycles. The molecule has 0 atom stereocenters. The Hall–Kier alpha value is -2.33. The monoisotopic (exact) mass is 354 g/mol. The predicted molar refractivity (Wildman–Crippen MR) is 103 cm³/mol. The van der Waals surface area contributed by atoms with E-state index in [2.05, 4.69) is 0 Å². The van der Waals surface area contributed by atoms with Crippen molar-refractivity contribution in [1.82, 2.24) is 0 Å². The van der Waals surface area contributed by atoms with Crippen molar-refractivity contribution < 1.29 is 14.3 Å². The van der Waals surface area contributed by atoms with E-state index in [1.165, 1.54) is 0 Å². The Kier molecular flexibility index (Phi) is 7.99. The number of allylic oxidation sites excluding steroid dienone is 1. The van der Waals surface area contributed by atoms with Gasteiger partial charge in [0.15, 0.2) is 5.78 Å². The summed E-state index contributed by atoms with van der Waals surface area (Å²) >= 11 is 1.71. The minimum Gasteiger partial charge on any atom is -0.466 e. The minimum atomic E-state index is -0.133. The van der Waals surface area contributed by atoms with Crippen molar-refractivity contribution >= 4 is 29.6 Å². The van der Waals surface area contributed by atoms with Gasteiger partial charge in [0.25, 0.3) is 0 Å². The Morgan fingerprint density at radius 3 is 2.44 bits per heavy atom. The molecular formula is C21H22O3S. The lowest BCUT2D eigenvalue weighted by Gasteiger charge is -2.03. The van der Waals surface area contributed by atoms with Gasteiger partial charge in [0.05, 0.1) is 6.61 Å². The van der Waals surface area contributed by atoms with Crippen LogP contribution in [0.5, 0.6) is 0 Å². The van der Waals surface area contributed by atoms with Gasteiger partial charge in [-0.05, 0) is 42.9 Å². The molecule has 0 unspecified atom stereocenters. The molecule has 0 aliphatic rings. The Morgan fingerprint density at radius 2 is 1.76 bits per heavy atom. The summed E-state index contributed by atoms with van der Waals surface area (Å²) < 4.78 is 4.90. The molecule has 0 aromatic heterocycles. The third kappa shape index (κ3) is 6.98. The highest BCUT2D eigenvalue weighted by Crippen LogP contribution is 2.20. The lowest BCUT2D eigenvalue weighted by Crippen LogP contribution is -2.03. The van der Waals surface area contributed by atoms with Crippen molar-refractivity contribution in [3.05, 3.63) is 71.8 Å². The van der Waals surface area contributed by atoms with Crippen molar-refractivity contribution in [1.29, 1.82) is 0 Å². The van der Waals surface area contributed by atoms with Gasteiger partial charge in [-0.25, -0.2) is 0 Å². The minimum absolute atomic E-state index is 0.00184. The van der Waals surface area contributed by atoms with Crippen LogP contribution in [0.4, 0.5) is 0 Å². The second-order valence-electron chi connectivity index (χ2n) is 5.39. The predicted octanol–water partition coefficient (Wildman–Crippen LogP) is 5.02. The second kappa shape index (κ2) is 10.5. The molecule has 0 radical (unpaired) electrons. The van der Waals surface area contributed by atoms with Gasteiger partial charge in [-0.3, -0.25) is 9.59 Å². The van der Waals surface area contributed by atoms with Crippen LogP contribution in [0.1, 0.15) is 35.7 Å². The maximum Gasteiger partial charge on any atom is 0.305 e. The molecule has 0 aliphatic heterocycles. The van der Waals surface area contributed by atoms with Crippen molar-refractivity contribution in [3.8, 4) is 0 Å². The van der Waals surface area contributed by atoms with E-state index in [1.807, 2.05) is 67.6 Å². The zero-order valence-electron chi connectivity index (χ0n) is 14.3. The molecule has 0 N–H and O–H groups in total. The molecule has 2 rings (SSSR count). The maximum atomic E-state index is 12.0. The summed E-state index contributed by atoms with van der Waals surface area (Å²) in [5.41, 5.74) is 1.67. The van der Waals surface area contributed by atoms with Crippen molar-refractivity contribution in [2.75, 3.05) is 12.4 Å². The Balaban J connectivity index is 1.78. The van der Waals surface area contributed by atoms with E-state index in [-0.39, 0.29) is 11.8 Å². The summed E-state index contributed by atoms with van der Waals surface area (Å²) in [6, 6.07) is 17.3. The number of ether oxygens (including phenoxy) is 1. The summed E-state index contributed by atoms with van der Waals surface area (Å²) in [7, 11) is 0. The summed E-state index contributed by atoms with van der Waals surface area (Å²) in [6.45, 7) is 2.25. The number of carbonyl (C=O) groups is 2. The van der Waals surface area contributed by atoms with Crippen molar-refractivity contribution in [2.24, 2.45) is 0 Å². The molecule has 0 amide bonds. The smallest absolute Gasteiger partial charge is 0.305 e. The highest BCUT2D eigenvalue weighted by Gasteiger charge is 2.02. The standard InChI is InChI=1S/C21H22O3S/c1-2-24-21(23)9-6-16-25-19-13-10-17(11-14-19)12-15-20(22)18-7-4-3-5-8-18/h3-5,7-8,10-15H,2,6,9,16H2,1H3/b15-12+. The molecule has 3 nitrogen and oxygen atoms in total. The molecule has 130 valence electrons. The number of hydrogen-bond acceptors (Lipinski definition) is 4. The van der Waals surface area contributed by atoms with Crippen LogP contribution in [-0.4, -0.2) is 24.1 Å². The van der Waals surface area contributed by atoms with E-state index in [0.29, 0.717) is 18.6 Å². The first kappa shape index (κ1) is 19.0. The van der Waals surface area contributed by atoms with Gasteiger partial charge < -0.3 is 4.74 Å². The number of hydrogen-bond donors (Lipinski definition) is 0. The molecule has 0 bridgehead atoms. The van der Waals surface area contributed by atoms with Gasteiger partial charge >= 0.3 is 5.97 Å².